The Bertz CT molecular complexity index is 490. The minimum Gasteiger partial charge on any atom is -0.464 e. The Labute approximate surface area is 117 Å². The largest absolute Gasteiger partial charge is 0.464 e. The van der Waals surface area contributed by atoms with Gasteiger partial charge in [-0.05, 0) is 12.1 Å². The van der Waals surface area contributed by atoms with Gasteiger partial charge in [-0.25, -0.2) is 14.6 Å². The number of carbonyl (C=O) groups is 2. The molecule has 110 valence electrons. The molecule has 0 radical (unpaired) electrons. The first-order valence-electron chi connectivity index (χ1n) is 5.99. The molecule has 20 heavy (non-hydrogen) atoms. The van der Waals surface area contributed by atoms with E-state index < -0.39 is 5.97 Å². The predicted octanol–water partition coefficient (Wildman–Crippen LogP) is 0.134. The minimum atomic E-state index is -0.533. The monoisotopic (exact) mass is 281 g/mol. The number of methoxy groups -OCH3 is 1. The number of rotatable bonds is 5. The minimum absolute atomic E-state index is 0.168. The highest BCUT2D eigenvalue weighted by Gasteiger charge is 2.10. The van der Waals surface area contributed by atoms with Crippen LogP contribution >= 0.6 is 0 Å². The van der Waals surface area contributed by atoms with Crippen molar-refractivity contribution < 1.29 is 14.3 Å². The summed E-state index contributed by atoms with van der Waals surface area (Å²) in [5.41, 5.74) is 6.33. The molecule has 2 amide bonds. The van der Waals surface area contributed by atoms with Crippen molar-refractivity contribution in [2.24, 2.45) is 0 Å². The SMILES string of the molecule is COC(=O)c1ccc(N)c(NCCNC(=O)N(C)C)n1. The van der Waals surface area contributed by atoms with E-state index in [1.807, 2.05) is 0 Å². The number of hydrogen-bond acceptors (Lipinski definition) is 6. The molecule has 0 spiro atoms. The van der Waals surface area contributed by atoms with Gasteiger partial charge in [0, 0.05) is 27.2 Å². The van der Waals surface area contributed by atoms with Crippen molar-refractivity contribution >= 4 is 23.5 Å². The highest BCUT2D eigenvalue weighted by molar-refractivity contribution is 5.88. The lowest BCUT2D eigenvalue weighted by Gasteiger charge is -2.13. The van der Waals surface area contributed by atoms with Gasteiger partial charge in [0.1, 0.15) is 5.82 Å². The number of esters is 1. The van der Waals surface area contributed by atoms with Gasteiger partial charge in [0.2, 0.25) is 0 Å². The van der Waals surface area contributed by atoms with Gasteiger partial charge in [0.05, 0.1) is 12.8 Å². The van der Waals surface area contributed by atoms with E-state index in [4.69, 9.17) is 5.73 Å². The molecular weight excluding hydrogens is 262 g/mol. The first-order chi connectivity index (χ1) is 9.45. The number of nitrogen functional groups attached to an aromatic ring is 1. The Morgan fingerprint density at radius 2 is 2.05 bits per heavy atom. The summed E-state index contributed by atoms with van der Waals surface area (Å²) >= 11 is 0. The van der Waals surface area contributed by atoms with Crippen molar-refractivity contribution in [3.8, 4) is 0 Å². The molecule has 0 atom stereocenters. The van der Waals surface area contributed by atoms with E-state index in [1.165, 1.54) is 18.1 Å². The highest BCUT2D eigenvalue weighted by Crippen LogP contribution is 2.15. The fourth-order valence-electron chi connectivity index (χ4n) is 1.34. The summed E-state index contributed by atoms with van der Waals surface area (Å²) in [4.78, 5) is 28.1. The zero-order valence-corrected chi connectivity index (χ0v) is 11.8. The van der Waals surface area contributed by atoms with Crippen molar-refractivity contribution in [2.45, 2.75) is 0 Å². The van der Waals surface area contributed by atoms with Gasteiger partial charge in [-0.3, -0.25) is 0 Å². The van der Waals surface area contributed by atoms with E-state index in [0.29, 0.717) is 24.6 Å². The van der Waals surface area contributed by atoms with Crippen LogP contribution in [0.1, 0.15) is 10.5 Å². The predicted molar refractivity (Wildman–Crippen MR) is 75.6 cm³/mol. The number of anilines is 2. The third-order valence-corrected chi connectivity index (χ3v) is 2.42. The van der Waals surface area contributed by atoms with Crippen LogP contribution in [0.15, 0.2) is 12.1 Å². The molecule has 4 N–H and O–H groups in total. The molecule has 0 unspecified atom stereocenters. The summed E-state index contributed by atoms with van der Waals surface area (Å²) in [7, 11) is 4.59. The first kappa shape index (κ1) is 15.5. The van der Waals surface area contributed by atoms with Gasteiger partial charge in [0.15, 0.2) is 5.69 Å². The quantitative estimate of drug-likeness (QED) is 0.523. The van der Waals surface area contributed by atoms with E-state index in [1.54, 1.807) is 20.2 Å². The molecule has 0 aromatic carbocycles. The molecule has 0 aliphatic rings. The maximum absolute atomic E-state index is 11.4. The molecular formula is C12H19N5O3. The van der Waals surface area contributed by atoms with Crippen molar-refractivity contribution in [2.75, 3.05) is 45.3 Å². The summed E-state index contributed by atoms with van der Waals surface area (Å²) in [5.74, 6) is -0.152. The van der Waals surface area contributed by atoms with E-state index in [0.717, 1.165) is 0 Å². The van der Waals surface area contributed by atoms with Crippen LogP contribution in [0, 0.1) is 0 Å². The van der Waals surface area contributed by atoms with Crippen LogP contribution in [-0.4, -0.2) is 56.2 Å². The number of aromatic nitrogens is 1. The second kappa shape index (κ2) is 7.17. The fourth-order valence-corrected chi connectivity index (χ4v) is 1.34. The summed E-state index contributed by atoms with van der Waals surface area (Å²) in [6.45, 7) is 0.835. The molecule has 0 aliphatic heterocycles. The standard InChI is InChI=1S/C12H19N5O3/c1-17(2)12(19)15-7-6-14-10-8(13)4-5-9(16-10)11(18)20-3/h4-5H,6-7,13H2,1-3H3,(H,14,16)(H,15,19). The molecule has 0 fully saturated rings. The van der Waals surface area contributed by atoms with Crippen LogP contribution in [0.5, 0.6) is 0 Å². The van der Waals surface area contributed by atoms with Crippen LogP contribution < -0.4 is 16.4 Å². The molecule has 0 bridgehead atoms. The Morgan fingerprint density at radius 1 is 1.35 bits per heavy atom. The molecule has 0 aliphatic carbocycles. The fraction of sp³-hybridized carbons (Fsp3) is 0.417. The summed E-state index contributed by atoms with van der Waals surface area (Å²) in [5, 5.41) is 5.63. The Kier molecular flexibility index (Phi) is 5.57. The molecule has 1 rings (SSSR count). The topological polar surface area (TPSA) is 110 Å². The number of nitrogens with two attached hydrogens (primary N) is 1. The van der Waals surface area contributed by atoms with E-state index >= 15 is 0 Å². The van der Waals surface area contributed by atoms with E-state index in [2.05, 4.69) is 20.4 Å². The molecule has 0 saturated heterocycles. The number of urea groups is 1. The number of hydrogen-bond donors (Lipinski definition) is 3. The van der Waals surface area contributed by atoms with Gasteiger partial charge in [-0.15, -0.1) is 0 Å². The Morgan fingerprint density at radius 3 is 2.65 bits per heavy atom. The number of amides is 2. The molecule has 1 aromatic heterocycles. The Hall–Kier alpha value is -2.51. The van der Waals surface area contributed by atoms with Crippen LogP contribution in [0.3, 0.4) is 0 Å². The third kappa shape index (κ3) is 4.30. The molecule has 0 saturated carbocycles. The lowest BCUT2D eigenvalue weighted by Crippen LogP contribution is -2.37. The molecule has 8 heteroatoms. The maximum atomic E-state index is 11.4. The lowest BCUT2D eigenvalue weighted by molar-refractivity contribution is 0.0594. The van der Waals surface area contributed by atoms with Crippen molar-refractivity contribution in [3.63, 3.8) is 0 Å². The van der Waals surface area contributed by atoms with E-state index in [-0.39, 0.29) is 11.7 Å². The van der Waals surface area contributed by atoms with Gasteiger partial charge < -0.3 is 26.0 Å². The summed E-state index contributed by atoms with van der Waals surface area (Å²) < 4.78 is 4.58. The van der Waals surface area contributed by atoms with Crippen LogP contribution in [0.4, 0.5) is 16.3 Å². The van der Waals surface area contributed by atoms with Crippen LogP contribution in [-0.2, 0) is 4.74 Å². The number of nitrogens with zero attached hydrogens (tertiary/aromatic N) is 2. The average molecular weight is 281 g/mol. The highest BCUT2D eigenvalue weighted by atomic mass is 16.5. The van der Waals surface area contributed by atoms with Crippen molar-refractivity contribution in [1.82, 2.24) is 15.2 Å². The van der Waals surface area contributed by atoms with Crippen LogP contribution in [0.2, 0.25) is 0 Å². The zero-order valence-electron chi connectivity index (χ0n) is 11.8. The van der Waals surface area contributed by atoms with E-state index in [9.17, 15) is 9.59 Å². The normalized spacial score (nSPS) is 9.75. The number of pyridine rings is 1. The smallest absolute Gasteiger partial charge is 0.356 e. The second-order valence-electron chi connectivity index (χ2n) is 4.18. The second-order valence-corrected chi connectivity index (χ2v) is 4.18. The number of carbonyl (C=O) groups excluding carboxylic acids is 2. The zero-order chi connectivity index (χ0) is 15.1. The molecule has 1 heterocycles. The Balaban J connectivity index is 2.55. The van der Waals surface area contributed by atoms with Gasteiger partial charge in [-0.2, -0.15) is 0 Å². The summed E-state index contributed by atoms with van der Waals surface area (Å²) in [6.07, 6.45) is 0. The average Bonchev–Trinajstić information content (AvgIpc) is 2.43. The number of nitrogens with one attached hydrogen (secondary N) is 2. The van der Waals surface area contributed by atoms with Crippen molar-refractivity contribution in [3.05, 3.63) is 17.8 Å². The number of ether oxygens (including phenoxy) is 1. The maximum Gasteiger partial charge on any atom is 0.356 e. The van der Waals surface area contributed by atoms with Gasteiger partial charge in [-0.1, -0.05) is 0 Å². The van der Waals surface area contributed by atoms with Gasteiger partial charge >= 0.3 is 12.0 Å². The van der Waals surface area contributed by atoms with Crippen molar-refractivity contribution in [1.29, 1.82) is 0 Å². The summed E-state index contributed by atoms with van der Waals surface area (Å²) in [6, 6.07) is 2.87. The third-order valence-electron chi connectivity index (χ3n) is 2.42. The molecule has 8 nitrogen and oxygen atoms in total. The van der Waals surface area contributed by atoms with Gasteiger partial charge in [0.25, 0.3) is 0 Å². The lowest BCUT2D eigenvalue weighted by atomic mass is 10.3. The molecule has 1 aromatic rings. The first-order valence-corrected chi connectivity index (χ1v) is 5.99. The van der Waals surface area contributed by atoms with Crippen LogP contribution in [0.25, 0.3) is 0 Å².